The molecule has 0 aliphatic carbocycles. The van der Waals surface area contributed by atoms with Gasteiger partial charge in [0.1, 0.15) is 0 Å². The third-order valence-corrected chi connectivity index (χ3v) is 3.83. The van der Waals surface area contributed by atoms with Crippen molar-refractivity contribution in [2.75, 3.05) is 6.61 Å². The van der Waals surface area contributed by atoms with E-state index in [2.05, 4.69) is 48.7 Å². The topological polar surface area (TPSA) is 49.3 Å². The lowest BCUT2D eigenvalue weighted by Crippen LogP contribution is -2.44. The van der Waals surface area contributed by atoms with Gasteiger partial charge in [-0.3, -0.25) is 4.79 Å². The summed E-state index contributed by atoms with van der Waals surface area (Å²) in [6.45, 7) is 6.25. The number of amides is 1. The molecule has 0 spiro atoms. The van der Waals surface area contributed by atoms with E-state index in [-0.39, 0.29) is 24.0 Å². The molecule has 0 radical (unpaired) electrons. The second kappa shape index (κ2) is 6.52. The van der Waals surface area contributed by atoms with E-state index in [1.165, 1.54) is 0 Å². The zero-order chi connectivity index (χ0) is 13.8. The van der Waals surface area contributed by atoms with Crippen LogP contribution in [0.25, 0.3) is 0 Å². The largest absolute Gasteiger partial charge is 0.396 e. The molecule has 0 saturated carbocycles. The number of hydrogen-bond acceptors (Lipinski definition) is 2. The lowest BCUT2D eigenvalue weighted by Gasteiger charge is -2.31. The normalized spacial score (nSPS) is 13.2. The number of benzene rings is 1. The SMILES string of the molecule is CC(C)(C)[C@@H](CCO)NC(=O)c1ccccc1I. The Morgan fingerprint density at radius 1 is 1.39 bits per heavy atom. The number of carbonyl (C=O) groups is 1. The fraction of sp³-hybridized carbons (Fsp3) is 0.500. The molecule has 1 aromatic carbocycles. The molecular weight excluding hydrogens is 341 g/mol. The molecule has 0 unspecified atom stereocenters. The Bertz CT molecular complexity index is 413. The summed E-state index contributed by atoms with van der Waals surface area (Å²) in [5.74, 6) is -0.0756. The average molecular weight is 361 g/mol. The fourth-order valence-corrected chi connectivity index (χ4v) is 2.36. The number of hydrogen-bond donors (Lipinski definition) is 2. The lowest BCUT2D eigenvalue weighted by atomic mass is 9.85. The molecule has 3 nitrogen and oxygen atoms in total. The van der Waals surface area contributed by atoms with E-state index in [0.717, 1.165) is 3.57 Å². The maximum absolute atomic E-state index is 12.2. The fourth-order valence-electron chi connectivity index (χ4n) is 1.73. The molecule has 0 aliphatic heterocycles. The van der Waals surface area contributed by atoms with Crippen molar-refractivity contribution in [1.29, 1.82) is 0 Å². The molecule has 4 heteroatoms. The van der Waals surface area contributed by atoms with Crippen molar-refractivity contribution in [2.24, 2.45) is 5.41 Å². The van der Waals surface area contributed by atoms with Crippen LogP contribution in [0.3, 0.4) is 0 Å². The van der Waals surface area contributed by atoms with Gasteiger partial charge in [-0.15, -0.1) is 0 Å². The first kappa shape index (κ1) is 15.4. The first-order valence-electron chi connectivity index (χ1n) is 6.02. The highest BCUT2D eigenvalue weighted by molar-refractivity contribution is 14.1. The first-order valence-corrected chi connectivity index (χ1v) is 7.10. The monoisotopic (exact) mass is 361 g/mol. The van der Waals surface area contributed by atoms with E-state index in [4.69, 9.17) is 5.11 Å². The van der Waals surface area contributed by atoms with Crippen LogP contribution in [0.5, 0.6) is 0 Å². The van der Waals surface area contributed by atoms with Crippen molar-refractivity contribution in [3.8, 4) is 0 Å². The molecule has 1 rings (SSSR count). The van der Waals surface area contributed by atoms with E-state index in [9.17, 15) is 4.79 Å². The van der Waals surface area contributed by atoms with Crippen LogP contribution < -0.4 is 5.32 Å². The van der Waals surface area contributed by atoms with Crippen LogP contribution in [-0.4, -0.2) is 23.7 Å². The Labute approximate surface area is 122 Å². The molecule has 1 amide bonds. The van der Waals surface area contributed by atoms with Gasteiger partial charge in [-0.1, -0.05) is 32.9 Å². The van der Waals surface area contributed by atoms with E-state index in [1.54, 1.807) is 0 Å². The third kappa shape index (κ3) is 4.24. The van der Waals surface area contributed by atoms with Crippen LogP contribution in [0.1, 0.15) is 37.6 Å². The second-order valence-corrected chi connectivity index (χ2v) is 6.55. The van der Waals surface area contributed by atoms with Gasteiger partial charge in [0.15, 0.2) is 0 Å². The summed E-state index contributed by atoms with van der Waals surface area (Å²) in [5, 5.41) is 12.1. The van der Waals surface area contributed by atoms with Crippen molar-refractivity contribution in [3.05, 3.63) is 33.4 Å². The lowest BCUT2D eigenvalue weighted by molar-refractivity contribution is 0.0884. The van der Waals surface area contributed by atoms with E-state index in [1.807, 2.05) is 24.3 Å². The van der Waals surface area contributed by atoms with Crippen molar-refractivity contribution in [1.82, 2.24) is 5.32 Å². The number of rotatable bonds is 4. The molecule has 0 heterocycles. The maximum Gasteiger partial charge on any atom is 0.252 e. The minimum Gasteiger partial charge on any atom is -0.396 e. The number of aliphatic hydroxyl groups excluding tert-OH is 1. The van der Waals surface area contributed by atoms with Crippen LogP contribution in [0.4, 0.5) is 0 Å². The van der Waals surface area contributed by atoms with E-state index in [0.29, 0.717) is 12.0 Å². The molecule has 0 aliphatic rings. The standard InChI is InChI=1S/C14H20INO2/c1-14(2,3)12(8-9-17)16-13(18)10-6-4-5-7-11(10)15/h4-7,12,17H,8-9H2,1-3H3,(H,16,18)/t12-/m1/s1. The van der Waals surface area contributed by atoms with Crippen LogP contribution in [-0.2, 0) is 0 Å². The number of nitrogens with one attached hydrogen (secondary N) is 1. The van der Waals surface area contributed by atoms with Crippen LogP contribution in [0.15, 0.2) is 24.3 Å². The number of carbonyl (C=O) groups excluding carboxylic acids is 1. The quantitative estimate of drug-likeness (QED) is 0.811. The van der Waals surface area contributed by atoms with Gasteiger partial charge in [-0.05, 0) is 46.6 Å². The second-order valence-electron chi connectivity index (χ2n) is 5.38. The van der Waals surface area contributed by atoms with Crippen molar-refractivity contribution in [3.63, 3.8) is 0 Å². The molecule has 2 N–H and O–H groups in total. The highest BCUT2D eigenvalue weighted by Gasteiger charge is 2.26. The Hall–Kier alpha value is -0.620. The van der Waals surface area contributed by atoms with Crippen LogP contribution in [0, 0.1) is 8.99 Å². The van der Waals surface area contributed by atoms with Gasteiger partial charge in [0.05, 0.1) is 5.56 Å². The predicted molar refractivity (Wildman–Crippen MR) is 81.6 cm³/mol. The molecule has 1 aromatic rings. The zero-order valence-electron chi connectivity index (χ0n) is 11.0. The van der Waals surface area contributed by atoms with Gasteiger partial charge in [-0.25, -0.2) is 0 Å². The summed E-state index contributed by atoms with van der Waals surface area (Å²) in [7, 11) is 0. The predicted octanol–water partition coefficient (Wildman–Crippen LogP) is 2.82. The summed E-state index contributed by atoms with van der Waals surface area (Å²) >= 11 is 2.15. The Morgan fingerprint density at radius 2 is 2.00 bits per heavy atom. The van der Waals surface area contributed by atoms with Gasteiger partial charge in [0.2, 0.25) is 0 Å². The highest BCUT2D eigenvalue weighted by atomic mass is 127. The van der Waals surface area contributed by atoms with Crippen molar-refractivity contribution >= 4 is 28.5 Å². The minimum absolute atomic E-state index is 0.0361. The third-order valence-electron chi connectivity index (χ3n) is 2.89. The Morgan fingerprint density at radius 3 is 2.50 bits per heavy atom. The molecule has 0 aromatic heterocycles. The van der Waals surface area contributed by atoms with Crippen molar-refractivity contribution in [2.45, 2.75) is 33.2 Å². The molecular formula is C14H20INO2. The first-order chi connectivity index (χ1) is 8.36. The van der Waals surface area contributed by atoms with Gasteiger partial charge < -0.3 is 10.4 Å². The smallest absolute Gasteiger partial charge is 0.252 e. The van der Waals surface area contributed by atoms with Crippen molar-refractivity contribution < 1.29 is 9.90 Å². The minimum atomic E-state index is -0.0756. The molecule has 1 atom stereocenters. The highest BCUT2D eigenvalue weighted by Crippen LogP contribution is 2.22. The molecule has 0 saturated heterocycles. The Kier molecular flexibility index (Phi) is 5.59. The van der Waals surface area contributed by atoms with E-state index >= 15 is 0 Å². The van der Waals surface area contributed by atoms with Gasteiger partial charge in [0.25, 0.3) is 5.91 Å². The van der Waals surface area contributed by atoms with Crippen LogP contribution in [0.2, 0.25) is 0 Å². The summed E-state index contributed by atoms with van der Waals surface area (Å²) in [6.07, 6.45) is 0.568. The Balaban J connectivity index is 2.82. The summed E-state index contributed by atoms with van der Waals surface area (Å²) in [6, 6.07) is 7.46. The number of halogens is 1. The summed E-state index contributed by atoms with van der Waals surface area (Å²) < 4.78 is 0.934. The maximum atomic E-state index is 12.2. The summed E-state index contributed by atoms with van der Waals surface area (Å²) in [4.78, 5) is 12.2. The zero-order valence-corrected chi connectivity index (χ0v) is 13.2. The van der Waals surface area contributed by atoms with Gasteiger partial charge in [0, 0.05) is 16.2 Å². The summed E-state index contributed by atoms with van der Waals surface area (Å²) in [5.41, 5.74) is 0.615. The molecule has 18 heavy (non-hydrogen) atoms. The molecule has 0 fully saturated rings. The average Bonchev–Trinajstić information content (AvgIpc) is 2.27. The van der Waals surface area contributed by atoms with Gasteiger partial charge >= 0.3 is 0 Å². The van der Waals surface area contributed by atoms with Gasteiger partial charge in [-0.2, -0.15) is 0 Å². The molecule has 0 bridgehead atoms. The van der Waals surface area contributed by atoms with Crippen LogP contribution >= 0.6 is 22.6 Å². The molecule has 100 valence electrons. The number of aliphatic hydroxyl groups is 1. The van der Waals surface area contributed by atoms with E-state index < -0.39 is 0 Å².